The smallest absolute Gasteiger partial charge is 0.318 e. The number of anilines is 1. The van der Waals surface area contributed by atoms with Gasteiger partial charge in [0.05, 0.1) is 23.4 Å². The van der Waals surface area contributed by atoms with Gasteiger partial charge in [0.1, 0.15) is 24.3 Å². The first-order chi connectivity index (χ1) is 22.0. The van der Waals surface area contributed by atoms with Crippen molar-refractivity contribution in [1.29, 1.82) is 0 Å². The first-order valence-corrected chi connectivity index (χ1v) is 15.6. The fraction of sp³-hybridized carbons (Fsp3) is 0.457. The van der Waals surface area contributed by atoms with Gasteiger partial charge in [-0.25, -0.2) is 8.78 Å². The van der Waals surface area contributed by atoms with E-state index in [9.17, 15) is 18.7 Å². The highest BCUT2D eigenvalue weighted by atomic mass is 19.1. The fourth-order valence-corrected chi connectivity index (χ4v) is 7.11. The standard InChI is InChI=1S/C35H39F2N5O4/c1-6-26-28(37)11-10-21-13-25(43)15-27(31(21)26)22-14-29-32(45-19-22)33(40(4)18-24-9-8-12-42(24)30(44)7-2)39-34(38-29)46-20-35(3)16-23(36)17-41(35)5/h1,7,10-11,13,15,22-24,43H,2,8-9,12,14,16-20H2,3-5H3/t22-,23-,24+,35+/m1/s1. The Bertz CT molecular complexity index is 1730. The number of likely N-dealkylation sites (tertiary alicyclic amines) is 2. The number of terminal acetylenes is 1. The van der Waals surface area contributed by atoms with Crippen molar-refractivity contribution in [1.82, 2.24) is 19.8 Å². The normalized spacial score (nSPS) is 24.3. The summed E-state index contributed by atoms with van der Waals surface area (Å²) in [5.74, 6) is 2.57. The monoisotopic (exact) mass is 631 g/mol. The number of nitrogens with zero attached hydrogens (tertiary/aromatic N) is 5. The van der Waals surface area contributed by atoms with Crippen LogP contribution in [0.15, 0.2) is 36.9 Å². The number of phenolic OH excluding ortho intramolecular Hbond substituents is 1. The van der Waals surface area contributed by atoms with Crippen LogP contribution in [0, 0.1) is 18.2 Å². The third kappa shape index (κ3) is 5.82. The van der Waals surface area contributed by atoms with Crippen molar-refractivity contribution in [2.45, 2.75) is 56.3 Å². The highest BCUT2D eigenvalue weighted by Crippen LogP contribution is 2.42. The van der Waals surface area contributed by atoms with Crippen LogP contribution in [0.3, 0.4) is 0 Å². The van der Waals surface area contributed by atoms with Crippen molar-refractivity contribution in [2.24, 2.45) is 0 Å². The lowest BCUT2D eigenvalue weighted by atomic mass is 9.87. The number of rotatable bonds is 8. The van der Waals surface area contributed by atoms with E-state index in [4.69, 9.17) is 25.9 Å². The molecule has 2 fully saturated rings. The molecule has 242 valence electrons. The number of amides is 1. The molecule has 0 bridgehead atoms. The van der Waals surface area contributed by atoms with Crippen molar-refractivity contribution < 1.29 is 28.2 Å². The highest BCUT2D eigenvalue weighted by Gasteiger charge is 2.41. The summed E-state index contributed by atoms with van der Waals surface area (Å²) < 4.78 is 41.7. The number of hydrogen-bond acceptors (Lipinski definition) is 8. The van der Waals surface area contributed by atoms with Crippen LogP contribution in [0.2, 0.25) is 0 Å². The minimum absolute atomic E-state index is 0.0327. The van der Waals surface area contributed by atoms with Crippen LogP contribution < -0.4 is 14.4 Å². The molecule has 0 saturated carbocycles. The molecule has 9 nitrogen and oxygen atoms in total. The van der Waals surface area contributed by atoms with Crippen molar-refractivity contribution in [2.75, 3.05) is 51.8 Å². The largest absolute Gasteiger partial charge is 0.508 e. The topological polar surface area (TPSA) is 91.3 Å². The van der Waals surface area contributed by atoms with Gasteiger partial charge >= 0.3 is 6.01 Å². The number of hydrogen-bond donors (Lipinski definition) is 1. The van der Waals surface area contributed by atoms with Crippen LogP contribution in [0.5, 0.6) is 17.5 Å². The Morgan fingerprint density at radius 3 is 2.89 bits per heavy atom. The molecule has 0 radical (unpaired) electrons. The van der Waals surface area contributed by atoms with Crippen LogP contribution >= 0.6 is 0 Å². The number of ether oxygens (including phenoxy) is 2. The van der Waals surface area contributed by atoms with E-state index in [2.05, 4.69) is 12.5 Å². The first-order valence-electron chi connectivity index (χ1n) is 15.6. The maximum Gasteiger partial charge on any atom is 0.318 e. The maximum absolute atomic E-state index is 14.8. The Labute approximate surface area is 267 Å². The number of alkyl halides is 1. The number of carbonyl (C=O) groups excluding carboxylic acids is 1. The number of aromatic nitrogens is 2. The van der Waals surface area contributed by atoms with Crippen LogP contribution in [-0.4, -0.2) is 95.5 Å². The quantitative estimate of drug-likeness (QED) is 0.285. The van der Waals surface area contributed by atoms with Crippen LogP contribution in [0.1, 0.15) is 48.9 Å². The molecule has 11 heteroatoms. The molecule has 6 rings (SSSR count). The number of benzene rings is 2. The molecule has 1 N–H and O–H groups in total. The van der Waals surface area contributed by atoms with E-state index in [0.29, 0.717) is 66.1 Å². The van der Waals surface area contributed by atoms with Gasteiger partial charge in [-0.15, -0.1) is 6.42 Å². The zero-order valence-corrected chi connectivity index (χ0v) is 26.4. The van der Waals surface area contributed by atoms with Gasteiger partial charge in [0.25, 0.3) is 0 Å². The van der Waals surface area contributed by atoms with E-state index in [0.717, 1.165) is 12.8 Å². The second-order valence-electron chi connectivity index (χ2n) is 12.9. The predicted molar refractivity (Wildman–Crippen MR) is 172 cm³/mol. The van der Waals surface area contributed by atoms with Gasteiger partial charge in [-0.3, -0.25) is 9.69 Å². The van der Waals surface area contributed by atoms with Gasteiger partial charge < -0.3 is 24.4 Å². The van der Waals surface area contributed by atoms with E-state index in [1.165, 1.54) is 12.1 Å². The Kier molecular flexibility index (Phi) is 8.51. The van der Waals surface area contributed by atoms with Gasteiger partial charge in [-0.1, -0.05) is 18.6 Å². The van der Waals surface area contributed by atoms with E-state index < -0.39 is 17.5 Å². The minimum atomic E-state index is -0.943. The molecule has 4 atom stereocenters. The number of aromatic hydroxyl groups is 1. The molecule has 0 spiro atoms. The maximum atomic E-state index is 14.8. The molecular weight excluding hydrogens is 592 g/mol. The van der Waals surface area contributed by atoms with Crippen LogP contribution in [0.4, 0.5) is 14.6 Å². The molecule has 1 aromatic heterocycles. The lowest BCUT2D eigenvalue weighted by Crippen LogP contribution is -2.43. The molecule has 2 saturated heterocycles. The van der Waals surface area contributed by atoms with E-state index in [1.54, 1.807) is 18.2 Å². The van der Waals surface area contributed by atoms with E-state index >= 15 is 0 Å². The van der Waals surface area contributed by atoms with Gasteiger partial charge in [0.2, 0.25) is 5.91 Å². The van der Waals surface area contributed by atoms with E-state index in [-0.39, 0.29) is 48.4 Å². The minimum Gasteiger partial charge on any atom is -0.508 e. The van der Waals surface area contributed by atoms with Gasteiger partial charge in [-0.2, -0.15) is 9.97 Å². The number of fused-ring (bicyclic) bond motifs is 2. The second kappa shape index (κ2) is 12.4. The number of carbonyl (C=O) groups is 1. The fourth-order valence-electron chi connectivity index (χ4n) is 7.11. The number of phenols is 1. The zero-order chi connectivity index (χ0) is 32.7. The third-order valence-corrected chi connectivity index (χ3v) is 9.68. The lowest BCUT2D eigenvalue weighted by Gasteiger charge is -2.33. The zero-order valence-electron chi connectivity index (χ0n) is 26.4. The van der Waals surface area contributed by atoms with Gasteiger partial charge in [0.15, 0.2) is 11.6 Å². The Morgan fingerprint density at radius 2 is 2.17 bits per heavy atom. The first kappa shape index (κ1) is 31.5. The second-order valence-corrected chi connectivity index (χ2v) is 12.9. The van der Waals surface area contributed by atoms with Crippen molar-refractivity contribution in [3.05, 3.63) is 59.6 Å². The number of likely N-dealkylation sites (N-methyl/N-ethyl adjacent to an activating group) is 2. The molecule has 3 aromatic rings. The molecule has 1 amide bonds. The summed E-state index contributed by atoms with van der Waals surface area (Å²) in [6, 6.07) is 6.15. The molecule has 0 aliphatic carbocycles. The summed E-state index contributed by atoms with van der Waals surface area (Å²) in [6.45, 7) is 7.49. The van der Waals surface area contributed by atoms with Crippen molar-refractivity contribution >= 4 is 22.5 Å². The molecule has 2 aromatic carbocycles. The molecule has 46 heavy (non-hydrogen) atoms. The van der Waals surface area contributed by atoms with E-state index in [1.807, 2.05) is 35.7 Å². The molecule has 4 heterocycles. The third-order valence-electron chi connectivity index (χ3n) is 9.68. The van der Waals surface area contributed by atoms with Gasteiger partial charge in [-0.05, 0) is 62.0 Å². The molecule has 3 aliphatic rings. The Balaban J connectivity index is 1.36. The lowest BCUT2D eigenvalue weighted by molar-refractivity contribution is -0.126. The predicted octanol–water partition coefficient (Wildman–Crippen LogP) is 4.60. The average Bonchev–Trinajstić information content (AvgIpc) is 3.60. The van der Waals surface area contributed by atoms with Crippen molar-refractivity contribution in [3.63, 3.8) is 0 Å². The summed E-state index contributed by atoms with van der Waals surface area (Å²) in [5, 5.41) is 11.8. The Morgan fingerprint density at radius 1 is 1.37 bits per heavy atom. The molecular formula is C35H39F2N5O4. The van der Waals surface area contributed by atoms with Gasteiger partial charge in [0, 0.05) is 56.9 Å². The molecule has 0 unspecified atom stereocenters. The van der Waals surface area contributed by atoms with Crippen LogP contribution in [0.25, 0.3) is 10.8 Å². The summed E-state index contributed by atoms with van der Waals surface area (Å²) in [7, 11) is 3.76. The SMILES string of the molecule is C#Cc1c(F)ccc2cc(O)cc([C@H]3COc4c(nc(OC[C@]5(C)C[C@@H](F)CN5C)nc4N(C)C[C@@H]4CCCN4C(=O)C=C)C3)c12. The summed E-state index contributed by atoms with van der Waals surface area (Å²) in [6.07, 6.45) is 8.58. The Hall–Kier alpha value is -4.43. The summed E-state index contributed by atoms with van der Waals surface area (Å²) in [4.78, 5) is 27.8. The summed E-state index contributed by atoms with van der Waals surface area (Å²) >= 11 is 0. The highest BCUT2D eigenvalue weighted by molar-refractivity contribution is 5.93. The number of halogens is 2. The van der Waals surface area contributed by atoms with Crippen LogP contribution in [-0.2, 0) is 11.2 Å². The average molecular weight is 632 g/mol. The van der Waals surface area contributed by atoms with Crippen molar-refractivity contribution in [3.8, 4) is 29.9 Å². The summed E-state index contributed by atoms with van der Waals surface area (Å²) in [5.41, 5.74) is 0.829. The molecule has 3 aliphatic heterocycles.